The highest BCUT2D eigenvalue weighted by Crippen LogP contribution is 2.46. The second kappa shape index (κ2) is 6.83. The Kier molecular flexibility index (Phi) is 5.02. The van der Waals surface area contributed by atoms with Crippen LogP contribution in [0.3, 0.4) is 0 Å². The molecule has 0 aromatic heterocycles. The van der Waals surface area contributed by atoms with E-state index in [1.165, 1.54) is 9.13 Å². The lowest BCUT2D eigenvalue weighted by Gasteiger charge is -2.42. The predicted molar refractivity (Wildman–Crippen MR) is 93.6 cm³/mol. The molecule has 0 saturated carbocycles. The summed E-state index contributed by atoms with van der Waals surface area (Å²) in [7, 11) is 2.13. The fourth-order valence-corrected chi connectivity index (χ4v) is 4.52. The highest BCUT2D eigenvalue weighted by molar-refractivity contribution is 14.1. The van der Waals surface area contributed by atoms with Gasteiger partial charge in [-0.2, -0.15) is 0 Å². The third-order valence-electron chi connectivity index (χ3n) is 5.26. The molecule has 22 heavy (non-hydrogen) atoms. The Hall–Kier alpha value is -0.690. The number of fused-ring (bicyclic) bond motifs is 2. The van der Waals surface area contributed by atoms with Gasteiger partial charge in [-0.15, -0.1) is 0 Å². The molecule has 2 aliphatic rings. The van der Waals surface area contributed by atoms with E-state index < -0.39 is 6.67 Å². The van der Waals surface area contributed by atoms with Gasteiger partial charge in [-0.05, 0) is 72.5 Å². The molecule has 2 aliphatic heterocycles. The lowest BCUT2D eigenvalue weighted by molar-refractivity contribution is -0.129. The maximum Gasteiger partial charge on any atom is 0.225 e. The van der Waals surface area contributed by atoms with E-state index in [4.69, 9.17) is 0 Å². The number of benzene rings is 1. The second-order valence-electron chi connectivity index (χ2n) is 6.36. The number of alkyl halides is 1. The minimum absolute atomic E-state index is 0.0124. The number of nitrogens with one attached hydrogen (secondary N) is 1. The quantitative estimate of drug-likeness (QED) is 0.766. The molecule has 1 amide bonds. The average molecular weight is 416 g/mol. The first-order chi connectivity index (χ1) is 10.6. The lowest BCUT2D eigenvalue weighted by Crippen LogP contribution is -2.51. The van der Waals surface area contributed by atoms with Crippen molar-refractivity contribution in [2.45, 2.75) is 37.3 Å². The number of piperidine rings is 1. The maximum atomic E-state index is 12.6. The molecule has 2 fully saturated rings. The van der Waals surface area contributed by atoms with Gasteiger partial charge in [0, 0.05) is 22.2 Å². The van der Waals surface area contributed by atoms with Gasteiger partial charge in [0.05, 0.1) is 5.92 Å². The van der Waals surface area contributed by atoms with Gasteiger partial charge in [0.25, 0.3) is 0 Å². The van der Waals surface area contributed by atoms with E-state index in [0.717, 1.165) is 19.3 Å². The normalized spacial score (nSPS) is 31.2. The number of carbonyl (C=O) groups is 1. The summed E-state index contributed by atoms with van der Waals surface area (Å²) in [5, 5.41) is 2.77. The fraction of sp³-hybridized carbons (Fsp3) is 0.588. The molecule has 1 aromatic rings. The zero-order valence-corrected chi connectivity index (χ0v) is 14.9. The molecular weight excluding hydrogens is 394 g/mol. The number of halogens is 2. The number of rotatable bonds is 4. The van der Waals surface area contributed by atoms with Gasteiger partial charge in [0.2, 0.25) is 5.91 Å². The number of nitrogens with zero attached hydrogens (tertiary/aromatic N) is 1. The maximum absolute atomic E-state index is 12.6. The number of carbonyl (C=O) groups excluding carboxylic acids is 1. The van der Waals surface area contributed by atoms with Crippen molar-refractivity contribution in [3.8, 4) is 0 Å². The van der Waals surface area contributed by atoms with Gasteiger partial charge >= 0.3 is 0 Å². The minimum Gasteiger partial charge on any atom is -0.353 e. The van der Waals surface area contributed by atoms with Crippen LogP contribution in [0.5, 0.6) is 0 Å². The largest absolute Gasteiger partial charge is 0.353 e. The van der Waals surface area contributed by atoms with Crippen LogP contribution in [0.1, 0.15) is 30.7 Å². The first-order valence-electron chi connectivity index (χ1n) is 7.93. The molecule has 4 atom stereocenters. The lowest BCUT2D eigenvalue weighted by atomic mass is 9.75. The zero-order chi connectivity index (χ0) is 15.7. The van der Waals surface area contributed by atoms with Crippen LogP contribution in [0.25, 0.3) is 0 Å². The molecule has 1 N–H and O–H groups in total. The summed E-state index contributed by atoms with van der Waals surface area (Å²) < 4.78 is 13.6. The molecule has 2 saturated heterocycles. The van der Waals surface area contributed by atoms with Crippen molar-refractivity contribution in [3.63, 3.8) is 0 Å². The summed E-state index contributed by atoms with van der Waals surface area (Å²) in [6, 6.07) is 9.35. The Morgan fingerprint density at radius 2 is 2.09 bits per heavy atom. The van der Waals surface area contributed by atoms with Crippen LogP contribution in [-0.4, -0.2) is 43.2 Å². The van der Waals surface area contributed by atoms with Crippen molar-refractivity contribution >= 4 is 28.5 Å². The molecule has 1 aromatic carbocycles. The third kappa shape index (κ3) is 3.02. The topological polar surface area (TPSA) is 32.3 Å². The van der Waals surface area contributed by atoms with Crippen LogP contribution in [-0.2, 0) is 4.79 Å². The first kappa shape index (κ1) is 16.2. The molecule has 0 radical (unpaired) electrons. The Labute approximate surface area is 144 Å². The Morgan fingerprint density at radius 3 is 2.77 bits per heavy atom. The van der Waals surface area contributed by atoms with Crippen LogP contribution in [0, 0.1) is 9.49 Å². The average Bonchev–Trinajstić information content (AvgIpc) is 2.75. The summed E-state index contributed by atoms with van der Waals surface area (Å²) >= 11 is 2.30. The molecule has 2 unspecified atom stereocenters. The monoisotopic (exact) mass is 416 g/mol. The zero-order valence-electron chi connectivity index (χ0n) is 12.8. The Bertz CT molecular complexity index is 536. The number of hydrogen-bond donors (Lipinski definition) is 1. The SMILES string of the molecule is CN1C2CCC1[C@H](C(=O)NCCF)[C@@H](c1ccc(I)cc1)C2. The summed E-state index contributed by atoms with van der Waals surface area (Å²) in [4.78, 5) is 15.0. The summed E-state index contributed by atoms with van der Waals surface area (Å²) in [5.74, 6) is 0.180. The highest BCUT2D eigenvalue weighted by Gasteiger charge is 2.48. The Balaban J connectivity index is 1.88. The van der Waals surface area contributed by atoms with E-state index in [1.807, 2.05) is 0 Å². The van der Waals surface area contributed by atoms with E-state index in [1.54, 1.807) is 0 Å². The van der Waals surface area contributed by atoms with E-state index in [2.05, 4.69) is 64.1 Å². The fourth-order valence-electron chi connectivity index (χ4n) is 4.17. The van der Waals surface area contributed by atoms with Gasteiger partial charge in [-0.3, -0.25) is 9.69 Å². The summed E-state index contributed by atoms with van der Waals surface area (Å²) in [5.41, 5.74) is 1.24. The molecule has 5 heteroatoms. The molecule has 2 bridgehead atoms. The molecule has 3 rings (SSSR count). The number of amides is 1. The van der Waals surface area contributed by atoms with E-state index >= 15 is 0 Å². The van der Waals surface area contributed by atoms with Crippen LogP contribution in [0.4, 0.5) is 4.39 Å². The van der Waals surface area contributed by atoms with E-state index in [0.29, 0.717) is 6.04 Å². The van der Waals surface area contributed by atoms with Crippen LogP contribution >= 0.6 is 22.6 Å². The van der Waals surface area contributed by atoms with Gasteiger partial charge in [-0.25, -0.2) is 4.39 Å². The van der Waals surface area contributed by atoms with Gasteiger partial charge in [0.1, 0.15) is 6.67 Å². The van der Waals surface area contributed by atoms with Crippen molar-refractivity contribution < 1.29 is 9.18 Å². The Morgan fingerprint density at radius 1 is 1.36 bits per heavy atom. The van der Waals surface area contributed by atoms with Crippen molar-refractivity contribution in [1.29, 1.82) is 0 Å². The van der Waals surface area contributed by atoms with Crippen molar-refractivity contribution in [1.82, 2.24) is 10.2 Å². The smallest absolute Gasteiger partial charge is 0.225 e. The van der Waals surface area contributed by atoms with Gasteiger partial charge < -0.3 is 5.32 Å². The highest BCUT2D eigenvalue weighted by atomic mass is 127. The van der Waals surface area contributed by atoms with Crippen molar-refractivity contribution in [3.05, 3.63) is 33.4 Å². The summed E-state index contributed by atoms with van der Waals surface area (Å²) in [6.07, 6.45) is 3.24. The first-order valence-corrected chi connectivity index (χ1v) is 9.00. The molecule has 0 spiro atoms. The minimum atomic E-state index is -0.504. The van der Waals surface area contributed by atoms with Crippen LogP contribution in [0.2, 0.25) is 0 Å². The molecule has 2 heterocycles. The molecule has 120 valence electrons. The van der Waals surface area contributed by atoms with Crippen LogP contribution in [0.15, 0.2) is 24.3 Å². The second-order valence-corrected chi connectivity index (χ2v) is 7.61. The van der Waals surface area contributed by atoms with E-state index in [-0.39, 0.29) is 30.3 Å². The van der Waals surface area contributed by atoms with Gasteiger partial charge in [0.15, 0.2) is 0 Å². The van der Waals surface area contributed by atoms with Gasteiger partial charge in [-0.1, -0.05) is 12.1 Å². The molecule has 0 aliphatic carbocycles. The molecular formula is C17H22FIN2O. The van der Waals surface area contributed by atoms with Crippen molar-refractivity contribution in [2.75, 3.05) is 20.3 Å². The third-order valence-corrected chi connectivity index (χ3v) is 5.98. The van der Waals surface area contributed by atoms with E-state index in [9.17, 15) is 9.18 Å². The van der Waals surface area contributed by atoms with Crippen LogP contribution < -0.4 is 5.32 Å². The predicted octanol–water partition coefficient (Wildman–Crippen LogP) is 2.94. The molecule has 3 nitrogen and oxygen atoms in total. The standard InChI is InChI=1S/C17H22FIN2O/c1-21-13-6-7-15(21)16(17(22)20-9-8-18)14(10-13)11-2-4-12(19)5-3-11/h2-5,13-16H,6-10H2,1H3,(H,20,22)/t13?,14-,15?,16-/m1/s1. The van der Waals surface area contributed by atoms with Crippen molar-refractivity contribution in [2.24, 2.45) is 5.92 Å². The summed E-state index contributed by atoms with van der Waals surface area (Å²) in [6.45, 7) is -0.385. The number of hydrogen-bond acceptors (Lipinski definition) is 2.